The summed E-state index contributed by atoms with van der Waals surface area (Å²) in [5.74, 6) is 0. The number of rotatable bonds is 5. The molecule has 2 nitrogen and oxygen atoms in total. The van der Waals surface area contributed by atoms with Crippen LogP contribution in [0.3, 0.4) is 0 Å². The van der Waals surface area contributed by atoms with Crippen molar-refractivity contribution < 1.29 is 0 Å². The Morgan fingerprint density at radius 3 is 3.00 bits per heavy atom. The van der Waals surface area contributed by atoms with Gasteiger partial charge in [-0.3, -0.25) is 4.99 Å². The Labute approximate surface area is 91.3 Å². The van der Waals surface area contributed by atoms with E-state index in [1.807, 2.05) is 24.4 Å². The van der Waals surface area contributed by atoms with Gasteiger partial charge in [0, 0.05) is 12.8 Å². The lowest BCUT2D eigenvalue weighted by Gasteiger charge is -1.94. The van der Waals surface area contributed by atoms with Crippen LogP contribution in [0, 0.1) is 11.3 Å². The maximum Gasteiger partial charge on any atom is 0.0991 e. The molecule has 0 bridgehead atoms. The highest BCUT2D eigenvalue weighted by atomic mass is 14.7. The van der Waals surface area contributed by atoms with E-state index >= 15 is 0 Å². The molecule has 0 saturated heterocycles. The standard InChI is InChI=1S/C13H16N2/c1-2-3-4-8-15-11-13-7-5-6-12(9-13)10-14/h5-7,9,11H,2-4,8H2,1H3. The van der Waals surface area contributed by atoms with E-state index in [0.29, 0.717) is 5.56 Å². The van der Waals surface area contributed by atoms with E-state index in [9.17, 15) is 0 Å². The maximum absolute atomic E-state index is 8.71. The predicted octanol–water partition coefficient (Wildman–Crippen LogP) is 3.17. The fourth-order valence-corrected chi connectivity index (χ4v) is 1.31. The molecule has 0 fully saturated rings. The molecule has 0 atom stereocenters. The number of benzene rings is 1. The lowest BCUT2D eigenvalue weighted by atomic mass is 10.1. The second kappa shape index (κ2) is 6.78. The molecule has 0 saturated carbocycles. The van der Waals surface area contributed by atoms with E-state index in [-0.39, 0.29) is 0 Å². The second-order valence-corrected chi connectivity index (χ2v) is 3.48. The fourth-order valence-electron chi connectivity index (χ4n) is 1.31. The van der Waals surface area contributed by atoms with E-state index in [4.69, 9.17) is 5.26 Å². The first-order valence-corrected chi connectivity index (χ1v) is 5.37. The van der Waals surface area contributed by atoms with Gasteiger partial charge in [-0.1, -0.05) is 31.9 Å². The highest BCUT2D eigenvalue weighted by molar-refractivity contribution is 5.80. The normalized spacial score (nSPS) is 10.4. The van der Waals surface area contributed by atoms with Crippen molar-refractivity contribution in [2.45, 2.75) is 26.2 Å². The summed E-state index contributed by atoms with van der Waals surface area (Å²) in [6, 6.07) is 9.61. The smallest absolute Gasteiger partial charge is 0.0991 e. The van der Waals surface area contributed by atoms with Gasteiger partial charge in [0.1, 0.15) is 0 Å². The third-order valence-electron chi connectivity index (χ3n) is 2.15. The van der Waals surface area contributed by atoms with Crippen molar-refractivity contribution in [2.24, 2.45) is 4.99 Å². The van der Waals surface area contributed by atoms with Crippen LogP contribution >= 0.6 is 0 Å². The zero-order chi connectivity index (χ0) is 10.9. The number of hydrogen-bond donors (Lipinski definition) is 0. The summed E-state index contributed by atoms with van der Waals surface area (Å²) in [5, 5.41) is 8.71. The van der Waals surface area contributed by atoms with Crippen LogP contribution in [0.5, 0.6) is 0 Å². The minimum Gasteiger partial charge on any atom is -0.293 e. The molecule has 0 aliphatic heterocycles. The molecule has 0 amide bonds. The van der Waals surface area contributed by atoms with Crippen molar-refractivity contribution in [1.82, 2.24) is 0 Å². The van der Waals surface area contributed by atoms with Gasteiger partial charge in [0.2, 0.25) is 0 Å². The van der Waals surface area contributed by atoms with Crippen LogP contribution in [0.25, 0.3) is 0 Å². The van der Waals surface area contributed by atoms with Gasteiger partial charge < -0.3 is 0 Å². The SMILES string of the molecule is CCCCCN=Cc1cccc(C#N)c1. The maximum atomic E-state index is 8.71. The second-order valence-electron chi connectivity index (χ2n) is 3.48. The zero-order valence-electron chi connectivity index (χ0n) is 9.11. The summed E-state index contributed by atoms with van der Waals surface area (Å²) in [7, 11) is 0. The number of nitriles is 1. The van der Waals surface area contributed by atoms with Gasteiger partial charge in [0.25, 0.3) is 0 Å². The van der Waals surface area contributed by atoms with Gasteiger partial charge >= 0.3 is 0 Å². The van der Waals surface area contributed by atoms with Crippen molar-refractivity contribution in [3.63, 3.8) is 0 Å². The molecule has 0 N–H and O–H groups in total. The summed E-state index contributed by atoms with van der Waals surface area (Å²) in [6.07, 6.45) is 5.44. The molecule has 15 heavy (non-hydrogen) atoms. The highest BCUT2D eigenvalue weighted by Gasteiger charge is 1.90. The van der Waals surface area contributed by atoms with Crippen molar-refractivity contribution in [3.8, 4) is 6.07 Å². The van der Waals surface area contributed by atoms with Crippen LogP contribution in [0.15, 0.2) is 29.3 Å². The molecule has 1 rings (SSSR count). The van der Waals surface area contributed by atoms with Gasteiger partial charge in [-0.25, -0.2) is 0 Å². The van der Waals surface area contributed by atoms with Crippen LogP contribution in [0.2, 0.25) is 0 Å². The van der Waals surface area contributed by atoms with Crippen molar-refractivity contribution in [3.05, 3.63) is 35.4 Å². The van der Waals surface area contributed by atoms with Gasteiger partial charge in [-0.05, 0) is 24.1 Å². The minimum absolute atomic E-state index is 0.688. The van der Waals surface area contributed by atoms with Crippen molar-refractivity contribution in [2.75, 3.05) is 6.54 Å². The molecule has 0 aromatic heterocycles. The Kier molecular flexibility index (Phi) is 5.18. The van der Waals surface area contributed by atoms with E-state index < -0.39 is 0 Å². The topological polar surface area (TPSA) is 36.1 Å². The highest BCUT2D eigenvalue weighted by Crippen LogP contribution is 2.01. The molecule has 0 radical (unpaired) electrons. The first kappa shape index (κ1) is 11.5. The zero-order valence-corrected chi connectivity index (χ0v) is 9.11. The molecule has 0 heterocycles. The first-order chi connectivity index (χ1) is 7.36. The van der Waals surface area contributed by atoms with Gasteiger partial charge in [-0.2, -0.15) is 5.26 Å². The van der Waals surface area contributed by atoms with Gasteiger partial charge in [0.05, 0.1) is 11.6 Å². The summed E-state index contributed by atoms with van der Waals surface area (Å²) < 4.78 is 0. The Morgan fingerprint density at radius 2 is 2.27 bits per heavy atom. The molecule has 2 heteroatoms. The van der Waals surface area contributed by atoms with Gasteiger partial charge in [-0.15, -0.1) is 0 Å². The van der Waals surface area contributed by atoms with E-state index in [0.717, 1.165) is 18.5 Å². The summed E-state index contributed by atoms with van der Waals surface area (Å²) in [5.41, 5.74) is 1.69. The van der Waals surface area contributed by atoms with Crippen LogP contribution in [0.1, 0.15) is 37.3 Å². The monoisotopic (exact) mass is 200 g/mol. The van der Waals surface area contributed by atoms with Crippen molar-refractivity contribution in [1.29, 1.82) is 5.26 Å². The molecule has 0 unspecified atom stereocenters. The molecular weight excluding hydrogens is 184 g/mol. The number of nitrogens with zero attached hydrogens (tertiary/aromatic N) is 2. The number of unbranched alkanes of at least 4 members (excludes halogenated alkanes) is 2. The molecule has 1 aromatic carbocycles. The van der Waals surface area contributed by atoms with Crippen LogP contribution in [0.4, 0.5) is 0 Å². The molecule has 0 aliphatic rings. The number of aliphatic imine (C=N–C) groups is 1. The molecule has 78 valence electrons. The van der Waals surface area contributed by atoms with Crippen LogP contribution in [-0.2, 0) is 0 Å². The lowest BCUT2D eigenvalue weighted by Crippen LogP contribution is -1.86. The largest absolute Gasteiger partial charge is 0.293 e. The quantitative estimate of drug-likeness (QED) is 0.531. The first-order valence-electron chi connectivity index (χ1n) is 5.37. The predicted molar refractivity (Wildman–Crippen MR) is 63.1 cm³/mol. The molecule has 0 spiro atoms. The third-order valence-corrected chi connectivity index (χ3v) is 2.15. The van der Waals surface area contributed by atoms with Crippen molar-refractivity contribution >= 4 is 6.21 Å². The molecule has 1 aromatic rings. The summed E-state index contributed by atoms with van der Waals surface area (Å²) >= 11 is 0. The summed E-state index contributed by atoms with van der Waals surface area (Å²) in [6.45, 7) is 3.06. The fraction of sp³-hybridized carbons (Fsp3) is 0.385. The molecular formula is C13H16N2. The van der Waals surface area contributed by atoms with E-state index in [2.05, 4.69) is 18.0 Å². The third kappa shape index (κ3) is 4.42. The van der Waals surface area contributed by atoms with E-state index in [1.54, 1.807) is 6.07 Å². The van der Waals surface area contributed by atoms with E-state index in [1.165, 1.54) is 12.8 Å². The van der Waals surface area contributed by atoms with Crippen LogP contribution in [-0.4, -0.2) is 12.8 Å². The Hall–Kier alpha value is -1.62. The Bertz CT molecular complexity index is 361. The lowest BCUT2D eigenvalue weighted by molar-refractivity contribution is 0.729. The average Bonchev–Trinajstić information content (AvgIpc) is 2.29. The molecule has 0 aliphatic carbocycles. The Morgan fingerprint density at radius 1 is 1.40 bits per heavy atom. The van der Waals surface area contributed by atoms with Crippen LogP contribution < -0.4 is 0 Å². The average molecular weight is 200 g/mol. The number of hydrogen-bond acceptors (Lipinski definition) is 2. The van der Waals surface area contributed by atoms with Gasteiger partial charge in [0.15, 0.2) is 0 Å². The minimum atomic E-state index is 0.688. The summed E-state index contributed by atoms with van der Waals surface area (Å²) in [4.78, 5) is 4.32. The Balaban J connectivity index is 2.46.